The highest BCUT2D eigenvalue weighted by Gasteiger charge is 2.43. The lowest BCUT2D eigenvalue weighted by atomic mass is 9.99. The minimum absolute atomic E-state index is 0.121. The van der Waals surface area contributed by atoms with Crippen LogP contribution in [0.15, 0.2) is 42.7 Å². The molecule has 1 aromatic rings. The van der Waals surface area contributed by atoms with Gasteiger partial charge in [-0.25, -0.2) is 0 Å². The average molecular weight is 338 g/mol. The van der Waals surface area contributed by atoms with Gasteiger partial charge in [-0.1, -0.05) is 18.7 Å². The summed E-state index contributed by atoms with van der Waals surface area (Å²) in [5.41, 5.74) is 3.42. The Morgan fingerprint density at radius 1 is 1.12 bits per heavy atom. The molecule has 1 aromatic carbocycles. The zero-order valence-electron chi connectivity index (χ0n) is 13.1. The van der Waals surface area contributed by atoms with Gasteiger partial charge < -0.3 is 34.6 Å². The first kappa shape index (κ1) is 18.6. The van der Waals surface area contributed by atoms with Crippen molar-refractivity contribution >= 4 is 0 Å². The molecular weight excluding hydrogens is 316 g/mol. The van der Waals surface area contributed by atoms with Gasteiger partial charge in [-0.15, -0.1) is 5.73 Å². The summed E-state index contributed by atoms with van der Waals surface area (Å²) in [4.78, 5) is 0. The molecule has 7 heteroatoms. The van der Waals surface area contributed by atoms with Crippen molar-refractivity contribution in [3.05, 3.63) is 48.2 Å². The molecule has 1 aliphatic rings. The fourth-order valence-corrected chi connectivity index (χ4v) is 2.26. The average Bonchev–Trinajstić information content (AvgIpc) is 2.60. The summed E-state index contributed by atoms with van der Waals surface area (Å²) in [6, 6.07) is 7.11. The lowest BCUT2D eigenvalue weighted by Gasteiger charge is -2.39. The Labute approximate surface area is 140 Å². The van der Waals surface area contributed by atoms with Crippen LogP contribution in [0.1, 0.15) is 5.56 Å². The monoisotopic (exact) mass is 338 g/mol. The summed E-state index contributed by atoms with van der Waals surface area (Å²) in [6.45, 7) is 3.45. The Hall–Kier alpha value is -1.70. The second kappa shape index (κ2) is 8.96. The highest BCUT2D eigenvalue weighted by Crippen LogP contribution is 2.23. The van der Waals surface area contributed by atoms with Crippen LogP contribution >= 0.6 is 0 Å². The van der Waals surface area contributed by atoms with Crippen molar-refractivity contribution in [3.8, 4) is 5.75 Å². The summed E-state index contributed by atoms with van der Waals surface area (Å²) in [5.74, 6) is 0.679. The standard InChI is InChI=1S/C17H22O7/c1-2-3-8-22-12-6-4-11(5-7-12)10-23-17-16(21)15(20)14(19)13(9-18)24-17/h3-7,13-21H,1,8-10H2/t13-,14-,15+,16-,17+/m1/s1. The van der Waals surface area contributed by atoms with Crippen LogP contribution in [0.3, 0.4) is 0 Å². The molecule has 0 radical (unpaired) electrons. The van der Waals surface area contributed by atoms with Crippen LogP contribution in [0.4, 0.5) is 0 Å². The second-order valence-corrected chi connectivity index (χ2v) is 5.37. The number of hydrogen-bond acceptors (Lipinski definition) is 7. The van der Waals surface area contributed by atoms with Gasteiger partial charge >= 0.3 is 0 Å². The van der Waals surface area contributed by atoms with E-state index in [0.717, 1.165) is 5.56 Å². The van der Waals surface area contributed by atoms with E-state index in [1.807, 2.05) is 0 Å². The van der Waals surface area contributed by atoms with Gasteiger partial charge in [0.15, 0.2) is 6.29 Å². The lowest BCUT2D eigenvalue weighted by molar-refractivity contribution is -0.304. The SMILES string of the molecule is C=C=CCOc1ccc(CO[C@H]2O[C@H](CO)[C@@H](O)[C@H](O)[C@H]2O)cc1. The maximum absolute atomic E-state index is 9.89. The Kier molecular flexibility index (Phi) is 6.96. The maximum Gasteiger partial charge on any atom is 0.187 e. The molecular formula is C17H22O7. The van der Waals surface area contributed by atoms with E-state index in [0.29, 0.717) is 12.4 Å². The fraction of sp³-hybridized carbons (Fsp3) is 0.471. The Morgan fingerprint density at radius 3 is 2.46 bits per heavy atom. The number of aliphatic hydroxyl groups is 4. The number of benzene rings is 1. The minimum Gasteiger partial charge on any atom is -0.489 e. The quantitative estimate of drug-likeness (QED) is 0.507. The van der Waals surface area contributed by atoms with E-state index in [-0.39, 0.29) is 6.61 Å². The Bertz CT molecular complexity index is 551. The largest absolute Gasteiger partial charge is 0.489 e. The van der Waals surface area contributed by atoms with Crippen LogP contribution in [0, 0.1) is 0 Å². The van der Waals surface area contributed by atoms with Gasteiger partial charge in [0.2, 0.25) is 0 Å². The van der Waals surface area contributed by atoms with Crippen molar-refractivity contribution in [1.29, 1.82) is 0 Å². The van der Waals surface area contributed by atoms with E-state index in [2.05, 4.69) is 12.3 Å². The molecule has 24 heavy (non-hydrogen) atoms. The summed E-state index contributed by atoms with van der Waals surface area (Å²) < 4.78 is 16.1. The first-order chi connectivity index (χ1) is 11.6. The molecule has 0 aliphatic carbocycles. The zero-order chi connectivity index (χ0) is 17.5. The Morgan fingerprint density at radius 2 is 1.83 bits per heavy atom. The first-order valence-electron chi connectivity index (χ1n) is 7.55. The third-order valence-corrected chi connectivity index (χ3v) is 3.66. The molecule has 132 valence electrons. The molecule has 1 saturated heterocycles. The molecule has 1 heterocycles. The van der Waals surface area contributed by atoms with Gasteiger partial charge in [0.05, 0.1) is 13.2 Å². The molecule has 1 fully saturated rings. The van der Waals surface area contributed by atoms with Crippen LogP contribution in [-0.2, 0) is 16.1 Å². The third-order valence-electron chi connectivity index (χ3n) is 3.66. The lowest BCUT2D eigenvalue weighted by Crippen LogP contribution is -2.59. The van der Waals surface area contributed by atoms with E-state index in [1.54, 1.807) is 30.3 Å². The number of rotatable bonds is 7. The summed E-state index contributed by atoms with van der Waals surface area (Å²) in [7, 11) is 0. The van der Waals surface area contributed by atoms with Gasteiger partial charge in [-0.3, -0.25) is 0 Å². The van der Waals surface area contributed by atoms with Gasteiger partial charge in [0, 0.05) is 0 Å². The van der Waals surface area contributed by atoms with Crippen molar-refractivity contribution in [1.82, 2.24) is 0 Å². The van der Waals surface area contributed by atoms with Crippen molar-refractivity contribution in [2.24, 2.45) is 0 Å². The Balaban J connectivity index is 1.89. The topological polar surface area (TPSA) is 109 Å². The molecule has 4 N–H and O–H groups in total. The molecule has 2 rings (SSSR count). The predicted molar refractivity (Wildman–Crippen MR) is 84.2 cm³/mol. The third kappa shape index (κ3) is 4.66. The van der Waals surface area contributed by atoms with Crippen molar-refractivity contribution in [2.75, 3.05) is 13.2 Å². The van der Waals surface area contributed by atoms with Gasteiger partial charge in [-0.2, -0.15) is 0 Å². The van der Waals surface area contributed by atoms with E-state index >= 15 is 0 Å². The summed E-state index contributed by atoms with van der Waals surface area (Å²) in [6.07, 6.45) is -4.72. The minimum atomic E-state index is -1.45. The molecule has 0 saturated carbocycles. The normalized spacial score (nSPS) is 29.8. The smallest absolute Gasteiger partial charge is 0.187 e. The highest BCUT2D eigenvalue weighted by atomic mass is 16.7. The number of aliphatic hydroxyl groups excluding tert-OH is 4. The van der Waals surface area contributed by atoms with Gasteiger partial charge in [0.25, 0.3) is 0 Å². The van der Waals surface area contributed by atoms with Gasteiger partial charge in [-0.05, 0) is 23.8 Å². The highest BCUT2D eigenvalue weighted by molar-refractivity contribution is 5.27. The molecule has 0 spiro atoms. The van der Waals surface area contributed by atoms with E-state index in [1.165, 1.54) is 0 Å². The van der Waals surface area contributed by atoms with E-state index < -0.39 is 37.3 Å². The predicted octanol–water partition coefficient (Wildman–Crippen LogP) is -0.277. The zero-order valence-corrected chi connectivity index (χ0v) is 13.1. The number of hydrogen-bond donors (Lipinski definition) is 4. The number of ether oxygens (including phenoxy) is 3. The second-order valence-electron chi connectivity index (χ2n) is 5.37. The van der Waals surface area contributed by atoms with E-state index in [9.17, 15) is 15.3 Å². The molecule has 0 bridgehead atoms. The van der Waals surface area contributed by atoms with Crippen LogP contribution in [0.2, 0.25) is 0 Å². The first-order valence-corrected chi connectivity index (χ1v) is 7.55. The summed E-state index contributed by atoms with van der Waals surface area (Å²) in [5, 5.41) is 38.4. The summed E-state index contributed by atoms with van der Waals surface area (Å²) >= 11 is 0. The van der Waals surface area contributed by atoms with Crippen LogP contribution < -0.4 is 4.74 Å². The molecule has 0 unspecified atom stereocenters. The van der Waals surface area contributed by atoms with Crippen molar-refractivity contribution in [2.45, 2.75) is 37.3 Å². The van der Waals surface area contributed by atoms with Crippen LogP contribution in [0.25, 0.3) is 0 Å². The van der Waals surface area contributed by atoms with Crippen molar-refractivity contribution < 1.29 is 34.6 Å². The van der Waals surface area contributed by atoms with E-state index in [4.69, 9.17) is 19.3 Å². The van der Waals surface area contributed by atoms with Crippen LogP contribution in [0.5, 0.6) is 5.75 Å². The van der Waals surface area contributed by atoms with Crippen LogP contribution in [-0.4, -0.2) is 64.3 Å². The molecule has 0 amide bonds. The van der Waals surface area contributed by atoms with Crippen molar-refractivity contribution in [3.63, 3.8) is 0 Å². The molecule has 1 aliphatic heterocycles. The molecule has 5 atom stereocenters. The maximum atomic E-state index is 9.89. The molecule has 0 aromatic heterocycles. The fourth-order valence-electron chi connectivity index (χ4n) is 2.26. The van der Waals surface area contributed by atoms with Gasteiger partial charge in [0.1, 0.15) is 36.8 Å². The molecule has 7 nitrogen and oxygen atoms in total.